The number of para-hydroxylation sites is 1. The minimum Gasteiger partial charge on any atom is -0.326 e. The Bertz CT molecular complexity index is 708. The molecule has 1 aliphatic heterocycles. The van der Waals surface area contributed by atoms with E-state index < -0.39 is 0 Å². The lowest BCUT2D eigenvalue weighted by atomic mass is 9.96. The van der Waals surface area contributed by atoms with Crippen LogP contribution < -0.4 is 5.32 Å². The van der Waals surface area contributed by atoms with E-state index in [2.05, 4.69) is 26.1 Å². The van der Waals surface area contributed by atoms with Crippen molar-refractivity contribution in [1.29, 1.82) is 0 Å². The Kier molecular flexibility index (Phi) is 5.63. The van der Waals surface area contributed by atoms with Crippen LogP contribution in [0.25, 0.3) is 0 Å². The van der Waals surface area contributed by atoms with E-state index in [1.807, 2.05) is 36.4 Å². The zero-order chi connectivity index (χ0) is 16.9. The minimum atomic E-state index is -0.208. The van der Waals surface area contributed by atoms with Crippen molar-refractivity contribution >= 4 is 27.5 Å². The second-order valence-electron chi connectivity index (χ2n) is 6.17. The van der Waals surface area contributed by atoms with Gasteiger partial charge in [0, 0.05) is 28.8 Å². The monoisotopic (exact) mass is 390 g/mol. The highest BCUT2D eigenvalue weighted by Crippen LogP contribution is 2.22. The van der Waals surface area contributed by atoms with Gasteiger partial charge in [-0.15, -0.1) is 0 Å². The number of nitrogens with one attached hydrogen (secondary N) is 1. The van der Waals surface area contributed by atoms with Crippen molar-refractivity contribution in [3.8, 4) is 0 Å². The van der Waals surface area contributed by atoms with Gasteiger partial charge in [0.25, 0.3) is 0 Å². The van der Waals surface area contributed by atoms with Crippen molar-refractivity contribution in [2.24, 2.45) is 5.92 Å². The van der Waals surface area contributed by atoms with Crippen molar-refractivity contribution in [1.82, 2.24) is 4.90 Å². The van der Waals surface area contributed by atoms with E-state index in [4.69, 9.17) is 0 Å². The van der Waals surface area contributed by atoms with Gasteiger partial charge in [-0.05, 0) is 43.7 Å². The van der Waals surface area contributed by atoms with Crippen LogP contribution in [0.4, 0.5) is 10.1 Å². The summed E-state index contributed by atoms with van der Waals surface area (Å²) in [6.45, 7) is 2.09. The summed E-state index contributed by atoms with van der Waals surface area (Å²) in [5, 5.41) is 2.97. The molecule has 0 spiro atoms. The molecule has 0 aliphatic carbocycles. The number of anilines is 1. The van der Waals surface area contributed by atoms with Crippen LogP contribution >= 0.6 is 15.9 Å². The fourth-order valence-corrected chi connectivity index (χ4v) is 3.40. The van der Waals surface area contributed by atoms with Gasteiger partial charge in [0.15, 0.2) is 0 Å². The normalized spacial score (nSPS) is 18.3. The summed E-state index contributed by atoms with van der Waals surface area (Å²) < 4.78 is 14.8. The third-order valence-corrected chi connectivity index (χ3v) is 4.82. The first-order valence-electron chi connectivity index (χ1n) is 8.14. The smallest absolute Gasteiger partial charge is 0.228 e. The summed E-state index contributed by atoms with van der Waals surface area (Å²) in [7, 11) is 0. The molecule has 1 unspecified atom stereocenters. The number of benzene rings is 2. The molecule has 1 atom stereocenters. The second kappa shape index (κ2) is 7.90. The molecule has 1 N–H and O–H groups in total. The average Bonchev–Trinajstić information content (AvgIpc) is 2.59. The Morgan fingerprint density at radius 1 is 1.25 bits per heavy atom. The highest BCUT2D eigenvalue weighted by molar-refractivity contribution is 9.10. The van der Waals surface area contributed by atoms with Crippen molar-refractivity contribution in [2.75, 3.05) is 18.4 Å². The van der Waals surface area contributed by atoms with Crippen LogP contribution in [0, 0.1) is 11.7 Å². The zero-order valence-corrected chi connectivity index (χ0v) is 14.9. The number of carbonyl (C=O) groups is 1. The first-order chi connectivity index (χ1) is 11.6. The Morgan fingerprint density at radius 2 is 2.04 bits per heavy atom. The van der Waals surface area contributed by atoms with E-state index in [0.29, 0.717) is 18.7 Å². The van der Waals surface area contributed by atoms with Gasteiger partial charge in [0.05, 0.1) is 5.92 Å². The van der Waals surface area contributed by atoms with E-state index in [1.54, 1.807) is 6.07 Å². The van der Waals surface area contributed by atoms with Crippen molar-refractivity contribution in [3.05, 3.63) is 64.4 Å². The highest BCUT2D eigenvalue weighted by atomic mass is 79.9. The summed E-state index contributed by atoms with van der Waals surface area (Å²) in [5.41, 5.74) is 1.49. The van der Waals surface area contributed by atoms with E-state index in [-0.39, 0.29) is 17.6 Å². The summed E-state index contributed by atoms with van der Waals surface area (Å²) in [6, 6.07) is 14.6. The molecule has 0 bridgehead atoms. The maximum Gasteiger partial charge on any atom is 0.228 e. The molecule has 126 valence electrons. The average molecular weight is 391 g/mol. The largest absolute Gasteiger partial charge is 0.326 e. The third-order valence-electron chi connectivity index (χ3n) is 4.33. The molecule has 0 aromatic heterocycles. The summed E-state index contributed by atoms with van der Waals surface area (Å²) in [5.74, 6) is -0.222. The quantitative estimate of drug-likeness (QED) is 0.836. The van der Waals surface area contributed by atoms with Crippen LogP contribution in [-0.4, -0.2) is 23.9 Å². The molecule has 1 saturated heterocycles. The highest BCUT2D eigenvalue weighted by Gasteiger charge is 2.26. The first kappa shape index (κ1) is 17.1. The van der Waals surface area contributed by atoms with Gasteiger partial charge in [-0.25, -0.2) is 4.39 Å². The molecule has 1 fully saturated rings. The number of hydrogen-bond donors (Lipinski definition) is 1. The van der Waals surface area contributed by atoms with Crippen LogP contribution in [0.3, 0.4) is 0 Å². The number of nitrogens with zero attached hydrogens (tertiary/aromatic N) is 1. The van der Waals surface area contributed by atoms with Gasteiger partial charge in [-0.2, -0.15) is 0 Å². The van der Waals surface area contributed by atoms with Gasteiger partial charge in [0.2, 0.25) is 5.91 Å². The Balaban J connectivity index is 1.60. The van der Waals surface area contributed by atoms with Crippen molar-refractivity contribution < 1.29 is 9.18 Å². The molecule has 0 radical (unpaired) electrons. The number of rotatable bonds is 4. The first-order valence-corrected chi connectivity index (χ1v) is 8.93. The number of halogens is 2. The minimum absolute atomic E-state index is 0.0437. The van der Waals surface area contributed by atoms with Gasteiger partial charge in [-0.1, -0.05) is 40.2 Å². The summed E-state index contributed by atoms with van der Waals surface area (Å²) >= 11 is 3.28. The summed E-state index contributed by atoms with van der Waals surface area (Å²) in [6.07, 6.45) is 1.82. The lowest BCUT2D eigenvalue weighted by molar-refractivity contribution is -0.121. The van der Waals surface area contributed by atoms with Crippen LogP contribution in [0.1, 0.15) is 18.4 Å². The fraction of sp³-hybridized carbons (Fsp3) is 0.316. The molecule has 1 heterocycles. The van der Waals surface area contributed by atoms with E-state index in [9.17, 15) is 9.18 Å². The summed E-state index contributed by atoms with van der Waals surface area (Å²) in [4.78, 5) is 14.6. The number of piperidine rings is 1. The molecule has 2 aromatic rings. The predicted octanol–water partition coefficient (Wildman–Crippen LogP) is 4.44. The Morgan fingerprint density at radius 3 is 2.79 bits per heavy atom. The second-order valence-corrected chi connectivity index (χ2v) is 7.08. The Labute approximate surface area is 150 Å². The zero-order valence-electron chi connectivity index (χ0n) is 13.3. The molecular formula is C19H20BrFN2O. The van der Waals surface area contributed by atoms with Crippen LogP contribution in [0.5, 0.6) is 0 Å². The molecule has 24 heavy (non-hydrogen) atoms. The van der Waals surface area contributed by atoms with Gasteiger partial charge >= 0.3 is 0 Å². The molecule has 5 heteroatoms. The van der Waals surface area contributed by atoms with Gasteiger partial charge in [-0.3, -0.25) is 9.69 Å². The van der Waals surface area contributed by atoms with Crippen LogP contribution in [-0.2, 0) is 11.3 Å². The van der Waals surface area contributed by atoms with E-state index in [0.717, 1.165) is 29.5 Å². The molecule has 3 nitrogen and oxygen atoms in total. The molecule has 3 rings (SSSR count). The van der Waals surface area contributed by atoms with Crippen molar-refractivity contribution in [2.45, 2.75) is 19.4 Å². The third kappa shape index (κ3) is 4.42. The molecule has 0 saturated carbocycles. The number of likely N-dealkylation sites (tertiary alicyclic amines) is 1. The number of amides is 1. The SMILES string of the molecule is O=C(Nc1ccccc1)C1CCCN(Cc2ccc(Br)cc2F)C1. The standard InChI is InChI=1S/C19H20BrFN2O/c20-16-9-8-14(18(21)11-16)12-23-10-4-5-15(13-23)19(24)22-17-6-2-1-3-7-17/h1-3,6-9,11,15H,4-5,10,12-13H2,(H,22,24). The Hall–Kier alpha value is -1.72. The molecular weight excluding hydrogens is 371 g/mol. The molecule has 2 aromatic carbocycles. The van der Waals surface area contributed by atoms with Gasteiger partial charge in [0.1, 0.15) is 5.82 Å². The maximum absolute atomic E-state index is 14.0. The van der Waals surface area contributed by atoms with Crippen LogP contribution in [0.15, 0.2) is 53.0 Å². The van der Waals surface area contributed by atoms with Crippen LogP contribution in [0.2, 0.25) is 0 Å². The van der Waals surface area contributed by atoms with Gasteiger partial charge < -0.3 is 5.32 Å². The van der Waals surface area contributed by atoms with Crippen molar-refractivity contribution in [3.63, 3.8) is 0 Å². The predicted molar refractivity (Wildman–Crippen MR) is 97.2 cm³/mol. The molecule has 1 aliphatic rings. The number of hydrogen-bond acceptors (Lipinski definition) is 2. The topological polar surface area (TPSA) is 32.3 Å². The lowest BCUT2D eigenvalue weighted by Crippen LogP contribution is -2.40. The van der Waals surface area contributed by atoms with E-state index >= 15 is 0 Å². The number of carbonyl (C=O) groups excluding carboxylic acids is 1. The molecule has 1 amide bonds. The fourth-order valence-electron chi connectivity index (χ4n) is 3.07. The van der Waals surface area contributed by atoms with E-state index in [1.165, 1.54) is 6.07 Å². The lowest BCUT2D eigenvalue weighted by Gasteiger charge is -2.32. The maximum atomic E-state index is 14.0.